The third-order valence-electron chi connectivity index (χ3n) is 3.95. The molecule has 6 nitrogen and oxygen atoms in total. The topological polar surface area (TPSA) is 64.3 Å². The minimum absolute atomic E-state index is 0.0885. The highest BCUT2D eigenvalue weighted by molar-refractivity contribution is 6.40. The predicted octanol–water partition coefficient (Wildman–Crippen LogP) is 4.62. The molecular weight excluding hydrogens is 425 g/mol. The van der Waals surface area contributed by atoms with Gasteiger partial charge in [0, 0.05) is 11.9 Å². The largest absolute Gasteiger partial charge is 0.294 e. The summed E-state index contributed by atoms with van der Waals surface area (Å²) in [7, 11) is 0. The van der Waals surface area contributed by atoms with Crippen LogP contribution in [0.3, 0.4) is 0 Å². The van der Waals surface area contributed by atoms with E-state index in [4.69, 9.17) is 34.8 Å². The summed E-state index contributed by atoms with van der Waals surface area (Å²) in [4.78, 5) is 38.7. The number of benzene rings is 2. The molecule has 9 heteroatoms. The summed E-state index contributed by atoms with van der Waals surface area (Å²) in [5, 5.41) is 1.69. The SMILES string of the molecule is CC(=O)c1cn(N(C(C)=O)c2ccccc2)n(-c2c(Cl)cc(Cl)cc2Cl)c1=O. The van der Waals surface area contributed by atoms with Crippen LogP contribution in [0.2, 0.25) is 15.1 Å². The van der Waals surface area contributed by atoms with E-state index in [9.17, 15) is 14.4 Å². The monoisotopic (exact) mass is 437 g/mol. The second-order valence-corrected chi connectivity index (χ2v) is 7.17. The molecule has 0 N–H and O–H groups in total. The van der Waals surface area contributed by atoms with E-state index in [-0.39, 0.29) is 26.3 Å². The fourth-order valence-corrected chi connectivity index (χ4v) is 3.76. The van der Waals surface area contributed by atoms with Crippen LogP contribution in [0.1, 0.15) is 24.2 Å². The quantitative estimate of drug-likeness (QED) is 0.558. The number of amides is 1. The number of aromatic nitrogens is 2. The second kappa shape index (κ2) is 7.83. The van der Waals surface area contributed by atoms with Crippen LogP contribution in [-0.4, -0.2) is 21.2 Å². The van der Waals surface area contributed by atoms with Crippen molar-refractivity contribution in [2.24, 2.45) is 0 Å². The normalized spacial score (nSPS) is 10.8. The van der Waals surface area contributed by atoms with Crippen LogP contribution >= 0.6 is 34.8 Å². The smallest absolute Gasteiger partial charge is 0.284 e. The summed E-state index contributed by atoms with van der Waals surface area (Å²) >= 11 is 18.6. The molecule has 0 saturated heterocycles. The minimum atomic E-state index is -0.666. The molecule has 3 aromatic rings. The van der Waals surface area contributed by atoms with Gasteiger partial charge in [0.1, 0.15) is 11.3 Å². The molecule has 0 aliphatic carbocycles. The number of halogens is 3. The average molecular weight is 439 g/mol. The Morgan fingerprint density at radius 1 is 0.964 bits per heavy atom. The number of hydrogen-bond donors (Lipinski definition) is 0. The zero-order valence-corrected chi connectivity index (χ0v) is 17.1. The van der Waals surface area contributed by atoms with Gasteiger partial charge in [0.15, 0.2) is 5.78 Å². The zero-order valence-electron chi connectivity index (χ0n) is 14.8. The van der Waals surface area contributed by atoms with Gasteiger partial charge < -0.3 is 0 Å². The summed E-state index contributed by atoms with van der Waals surface area (Å²) in [6.07, 6.45) is 1.28. The van der Waals surface area contributed by atoms with E-state index in [2.05, 4.69) is 0 Å². The van der Waals surface area contributed by atoms with E-state index < -0.39 is 17.2 Å². The lowest BCUT2D eigenvalue weighted by molar-refractivity contribution is -0.117. The highest BCUT2D eigenvalue weighted by Gasteiger charge is 2.25. The Hall–Kier alpha value is -2.54. The molecule has 0 unspecified atom stereocenters. The number of anilines is 1. The molecule has 0 spiro atoms. The number of Topliss-reactive ketones (excluding diaryl/α,β-unsaturated/α-hetero) is 1. The maximum atomic E-state index is 13.0. The highest BCUT2D eigenvalue weighted by atomic mass is 35.5. The van der Waals surface area contributed by atoms with E-state index in [1.54, 1.807) is 30.3 Å². The van der Waals surface area contributed by atoms with E-state index in [0.717, 1.165) is 4.68 Å². The third kappa shape index (κ3) is 3.58. The van der Waals surface area contributed by atoms with Crippen molar-refractivity contribution in [1.29, 1.82) is 0 Å². The Morgan fingerprint density at radius 3 is 2.04 bits per heavy atom. The van der Waals surface area contributed by atoms with Crippen molar-refractivity contribution in [3.8, 4) is 5.69 Å². The summed E-state index contributed by atoms with van der Waals surface area (Å²) < 4.78 is 1.08. The van der Waals surface area contributed by atoms with Crippen molar-refractivity contribution in [2.75, 3.05) is 5.01 Å². The minimum Gasteiger partial charge on any atom is -0.294 e. The molecule has 28 heavy (non-hydrogen) atoms. The number of nitrogens with zero attached hydrogens (tertiary/aromatic N) is 3. The Bertz CT molecular complexity index is 1110. The third-order valence-corrected chi connectivity index (χ3v) is 4.74. The summed E-state index contributed by atoms with van der Waals surface area (Å²) in [5.41, 5.74) is -0.201. The predicted molar refractivity (Wildman–Crippen MR) is 110 cm³/mol. The van der Waals surface area contributed by atoms with Crippen LogP contribution in [0.15, 0.2) is 53.5 Å². The van der Waals surface area contributed by atoms with Gasteiger partial charge in [-0.05, 0) is 31.2 Å². The van der Waals surface area contributed by atoms with Gasteiger partial charge in [-0.3, -0.25) is 14.4 Å². The maximum Gasteiger partial charge on any atom is 0.284 e. The van der Waals surface area contributed by atoms with E-state index in [1.165, 1.54) is 42.0 Å². The summed E-state index contributed by atoms with van der Waals surface area (Å²) in [6, 6.07) is 11.5. The average Bonchev–Trinajstić information content (AvgIpc) is 2.92. The van der Waals surface area contributed by atoms with Crippen LogP contribution in [0, 0.1) is 0 Å². The van der Waals surface area contributed by atoms with Crippen molar-refractivity contribution in [1.82, 2.24) is 9.47 Å². The molecule has 0 aliphatic heterocycles. The number of para-hydroxylation sites is 1. The van der Waals surface area contributed by atoms with Crippen LogP contribution in [-0.2, 0) is 4.79 Å². The van der Waals surface area contributed by atoms with Crippen molar-refractivity contribution < 1.29 is 9.59 Å². The van der Waals surface area contributed by atoms with Crippen molar-refractivity contribution in [3.05, 3.63) is 79.6 Å². The van der Waals surface area contributed by atoms with Crippen LogP contribution in [0.5, 0.6) is 0 Å². The Labute approximate surface area is 175 Å². The molecule has 144 valence electrons. The Morgan fingerprint density at radius 2 is 1.54 bits per heavy atom. The Kier molecular flexibility index (Phi) is 5.65. The molecule has 0 atom stereocenters. The standard InChI is InChI=1S/C19H14Cl3N3O3/c1-11(26)15-10-23(24(12(2)27)14-6-4-3-5-7-14)25(19(15)28)18-16(21)8-13(20)9-17(18)22/h3-10H,1-2H3. The second-order valence-electron chi connectivity index (χ2n) is 5.92. The summed E-state index contributed by atoms with van der Waals surface area (Å²) in [6.45, 7) is 2.59. The summed E-state index contributed by atoms with van der Waals surface area (Å²) in [5.74, 6) is -0.860. The first-order valence-corrected chi connectivity index (χ1v) is 9.22. The molecule has 1 amide bonds. The number of hydrogen-bond acceptors (Lipinski definition) is 3. The molecule has 0 bridgehead atoms. The fourth-order valence-electron chi connectivity index (χ4n) is 2.78. The number of carbonyl (C=O) groups excluding carboxylic acids is 2. The number of carbonyl (C=O) groups is 2. The number of ketones is 1. The Balaban J connectivity index is 2.40. The molecule has 2 aromatic carbocycles. The van der Waals surface area contributed by atoms with Gasteiger partial charge in [0.2, 0.25) is 5.91 Å². The van der Waals surface area contributed by atoms with Gasteiger partial charge in [-0.1, -0.05) is 53.0 Å². The molecule has 1 heterocycles. The van der Waals surface area contributed by atoms with Gasteiger partial charge in [0.05, 0.1) is 21.9 Å². The first kappa shape index (κ1) is 20.2. The molecule has 1 aromatic heterocycles. The van der Waals surface area contributed by atoms with E-state index in [1.807, 2.05) is 0 Å². The lowest BCUT2D eigenvalue weighted by atomic mass is 10.2. The maximum absolute atomic E-state index is 13.0. The van der Waals surface area contributed by atoms with Gasteiger partial charge >= 0.3 is 0 Å². The van der Waals surface area contributed by atoms with Crippen LogP contribution in [0.25, 0.3) is 5.69 Å². The molecular formula is C19H14Cl3N3O3. The van der Waals surface area contributed by atoms with Crippen molar-refractivity contribution in [3.63, 3.8) is 0 Å². The van der Waals surface area contributed by atoms with E-state index >= 15 is 0 Å². The lowest BCUT2D eigenvalue weighted by Gasteiger charge is -2.25. The molecule has 0 radical (unpaired) electrons. The van der Waals surface area contributed by atoms with Crippen molar-refractivity contribution in [2.45, 2.75) is 13.8 Å². The van der Waals surface area contributed by atoms with Gasteiger partial charge in [-0.2, -0.15) is 9.47 Å². The molecule has 3 rings (SSSR count). The van der Waals surface area contributed by atoms with Gasteiger partial charge in [-0.25, -0.2) is 5.01 Å². The molecule has 0 saturated carbocycles. The van der Waals surface area contributed by atoms with Crippen LogP contribution < -0.4 is 10.6 Å². The van der Waals surface area contributed by atoms with Crippen molar-refractivity contribution >= 4 is 52.2 Å². The van der Waals surface area contributed by atoms with Crippen LogP contribution in [0.4, 0.5) is 5.69 Å². The zero-order chi connectivity index (χ0) is 20.6. The first-order chi connectivity index (χ1) is 13.2. The van der Waals surface area contributed by atoms with E-state index in [0.29, 0.717) is 5.69 Å². The molecule has 0 aliphatic rings. The molecule has 0 fully saturated rings. The first-order valence-electron chi connectivity index (χ1n) is 8.09. The highest BCUT2D eigenvalue weighted by Crippen LogP contribution is 2.32. The fraction of sp³-hybridized carbons (Fsp3) is 0.105. The lowest BCUT2D eigenvalue weighted by Crippen LogP contribution is -2.39. The van der Waals surface area contributed by atoms with Gasteiger partial charge in [-0.15, -0.1) is 0 Å². The number of rotatable bonds is 4. The van der Waals surface area contributed by atoms with Gasteiger partial charge in [0.25, 0.3) is 5.56 Å².